The number of hydrogen-bond acceptors (Lipinski definition) is 5. The number of amides is 1. The van der Waals surface area contributed by atoms with E-state index in [4.69, 9.17) is 5.73 Å². The molecule has 0 radical (unpaired) electrons. The zero-order chi connectivity index (χ0) is 15.5. The highest BCUT2D eigenvalue weighted by Crippen LogP contribution is 2.18. The van der Waals surface area contributed by atoms with Crippen molar-refractivity contribution < 1.29 is 4.79 Å². The second-order valence-electron chi connectivity index (χ2n) is 5.55. The van der Waals surface area contributed by atoms with E-state index in [1.165, 1.54) is 0 Å². The van der Waals surface area contributed by atoms with E-state index in [9.17, 15) is 4.79 Å². The lowest BCUT2D eigenvalue weighted by molar-refractivity contribution is -0.132. The first-order valence-electron chi connectivity index (χ1n) is 7.68. The second kappa shape index (κ2) is 6.27. The van der Waals surface area contributed by atoms with Crippen LogP contribution in [0.1, 0.15) is 19.2 Å². The van der Waals surface area contributed by atoms with Gasteiger partial charge < -0.3 is 10.6 Å². The molecule has 116 valence electrons. The summed E-state index contributed by atoms with van der Waals surface area (Å²) >= 11 is 0. The van der Waals surface area contributed by atoms with Crippen LogP contribution in [0.4, 0.5) is 5.82 Å². The van der Waals surface area contributed by atoms with E-state index in [2.05, 4.69) is 14.9 Å². The monoisotopic (exact) mass is 299 g/mol. The third-order valence-corrected chi connectivity index (χ3v) is 4.07. The van der Waals surface area contributed by atoms with Crippen molar-refractivity contribution >= 4 is 22.6 Å². The van der Waals surface area contributed by atoms with Gasteiger partial charge in [-0.15, -0.1) is 0 Å². The van der Waals surface area contributed by atoms with Crippen molar-refractivity contribution in [1.82, 2.24) is 19.8 Å². The van der Waals surface area contributed by atoms with Crippen LogP contribution >= 0.6 is 0 Å². The lowest BCUT2D eigenvalue weighted by atomic mass is 10.2. The maximum atomic E-state index is 11.7. The lowest BCUT2D eigenvalue weighted by Crippen LogP contribution is -2.48. The van der Waals surface area contributed by atoms with Gasteiger partial charge in [0.25, 0.3) is 0 Å². The molecule has 0 aliphatic carbocycles. The Bertz CT molecular complexity index is 679. The van der Waals surface area contributed by atoms with Gasteiger partial charge in [0.1, 0.15) is 11.6 Å². The average molecular weight is 299 g/mol. The van der Waals surface area contributed by atoms with Crippen LogP contribution in [0, 0.1) is 0 Å². The minimum absolute atomic E-state index is 0.228. The molecule has 1 amide bonds. The van der Waals surface area contributed by atoms with Crippen molar-refractivity contribution in [3.63, 3.8) is 0 Å². The van der Waals surface area contributed by atoms with Crippen molar-refractivity contribution in [2.24, 2.45) is 0 Å². The van der Waals surface area contributed by atoms with Gasteiger partial charge in [-0.2, -0.15) is 0 Å². The Morgan fingerprint density at radius 1 is 1.18 bits per heavy atom. The molecule has 22 heavy (non-hydrogen) atoms. The molecule has 1 aromatic carbocycles. The molecule has 0 atom stereocenters. The number of nitrogens with zero attached hydrogens (tertiary/aromatic N) is 4. The number of para-hydroxylation sites is 1. The van der Waals surface area contributed by atoms with E-state index in [0.29, 0.717) is 18.8 Å². The molecule has 0 bridgehead atoms. The number of piperazine rings is 1. The molecule has 6 heteroatoms. The standard InChI is InChI=1S/C16H21N5O/c1-2-15(22)21-9-7-20(8-10-21)11-14-18-13-6-4-3-5-12(13)16(17)19-14/h3-6H,2,7-11H2,1H3,(H2,17,18,19). The van der Waals surface area contributed by atoms with E-state index >= 15 is 0 Å². The largest absolute Gasteiger partial charge is 0.383 e. The number of nitrogen functional groups attached to an aromatic ring is 1. The number of benzene rings is 1. The predicted octanol–water partition coefficient (Wildman–Crippen LogP) is 1.27. The smallest absolute Gasteiger partial charge is 0.222 e. The molecule has 0 spiro atoms. The summed E-state index contributed by atoms with van der Waals surface area (Å²) < 4.78 is 0. The summed E-state index contributed by atoms with van der Waals surface area (Å²) in [6, 6.07) is 7.78. The summed E-state index contributed by atoms with van der Waals surface area (Å²) in [5.74, 6) is 1.50. The van der Waals surface area contributed by atoms with Crippen LogP contribution in [-0.2, 0) is 11.3 Å². The van der Waals surface area contributed by atoms with Crippen molar-refractivity contribution in [3.05, 3.63) is 30.1 Å². The van der Waals surface area contributed by atoms with Gasteiger partial charge in [0.15, 0.2) is 0 Å². The third-order valence-electron chi connectivity index (χ3n) is 4.07. The van der Waals surface area contributed by atoms with Crippen molar-refractivity contribution in [1.29, 1.82) is 0 Å². The van der Waals surface area contributed by atoms with Crippen LogP contribution in [0.3, 0.4) is 0 Å². The molecule has 2 heterocycles. The molecule has 1 aliphatic rings. The van der Waals surface area contributed by atoms with E-state index in [1.54, 1.807) is 0 Å². The molecule has 1 aromatic heterocycles. The van der Waals surface area contributed by atoms with Crippen LogP contribution in [0.2, 0.25) is 0 Å². The SMILES string of the molecule is CCC(=O)N1CCN(Cc2nc(N)c3ccccc3n2)CC1. The molecule has 2 aromatic rings. The molecule has 3 rings (SSSR count). The van der Waals surface area contributed by atoms with E-state index in [-0.39, 0.29) is 5.91 Å². The Morgan fingerprint density at radius 3 is 2.64 bits per heavy atom. The van der Waals surface area contributed by atoms with Crippen LogP contribution in [-0.4, -0.2) is 51.9 Å². The van der Waals surface area contributed by atoms with Crippen LogP contribution in [0.15, 0.2) is 24.3 Å². The molecular formula is C16H21N5O. The summed E-state index contributed by atoms with van der Waals surface area (Å²) in [5, 5.41) is 0.893. The van der Waals surface area contributed by atoms with Gasteiger partial charge in [-0.3, -0.25) is 9.69 Å². The number of carbonyl (C=O) groups excluding carboxylic acids is 1. The quantitative estimate of drug-likeness (QED) is 0.923. The first kappa shape index (κ1) is 14.7. The first-order chi connectivity index (χ1) is 10.7. The van der Waals surface area contributed by atoms with Crippen molar-refractivity contribution in [2.75, 3.05) is 31.9 Å². The summed E-state index contributed by atoms with van der Waals surface area (Å²) in [5.41, 5.74) is 6.90. The maximum Gasteiger partial charge on any atom is 0.222 e. The van der Waals surface area contributed by atoms with Gasteiger partial charge in [0.2, 0.25) is 5.91 Å². The lowest BCUT2D eigenvalue weighted by Gasteiger charge is -2.34. The summed E-state index contributed by atoms with van der Waals surface area (Å²) in [7, 11) is 0. The number of rotatable bonds is 3. The molecule has 2 N–H and O–H groups in total. The Hall–Kier alpha value is -2.21. The fourth-order valence-electron chi connectivity index (χ4n) is 2.80. The topological polar surface area (TPSA) is 75.4 Å². The van der Waals surface area contributed by atoms with Crippen LogP contribution in [0.25, 0.3) is 10.9 Å². The minimum atomic E-state index is 0.228. The van der Waals surface area contributed by atoms with Crippen molar-refractivity contribution in [3.8, 4) is 0 Å². The first-order valence-corrected chi connectivity index (χ1v) is 7.68. The van der Waals surface area contributed by atoms with Gasteiger partial charge in [-0.25, -0.2) is 9.97 Å². The van der Waals surface area contributed by atoms with Crippen LogP contribution < -0.4 is 5.73 Å². The zero-order valence-electron chi connectivity index (χ0n) is 12.8. The number of nitrogens with two attached hydrogens (primary N) is 1. The fourth-order valence-corrected chi connectivity index (χ4v) is 2.80. The molecule has 0 saturated carbocycles. The second-order valence-corrected chi connectivity index (χ2v) is 5.55. The van der Waals surface area contributed by atoms with Gasteiger partial charge in [-0.05, 0) is 12.1 Å². The zero-order valence-corrected chi connectivity index (χ0v) is 12.8. The summed E-state index contributed by atoms with van der Waals surface area (Å²) in [4.78, 5) is 24.9. The highest BCUT2D eigenvalue weighted by molar-refractivity contribution is 5.87. The fraction of sp³-hybridized carbons (Fsp3) is 0.438. The molecular weight excluding hydrogens is 278 g/mol. The highest BCUT2D eigenvalue weighted by Gasteiger charge is 2.20. The van der Waals surface area contributed by atoms with Gasteiger partial charge in [0.05, 0.1) is 12.1 Å². The predicted molar refractivity (Wildman–Crippen MR) is 86.1 cm³/mol. The normalized spacial score (nSPS) is 16.1. The summed E-state index contributed by atoms with van der Waals surface area (Å²) in [6.07, 6.45) is 0.574. The third kappa shape index (κ3) is 3.01. The average Bonchev–Trinajstić information content (AvgIpc) is 2.55. The van der Waals surface area contributed by atoms with Crippen molar-refractivity contribution in [2.45, 2.75) is 19.9 Å². The molecule has 1 aliphatic heterocycles. The number of hydrogen-bond donors (Lipinski definition) is 1. The van der Waals surface area contributed by atoms with E-state index < -0.39 is 0 Å². The van der Waals surface area contributed by atoms with E-state index in [0.717, 1.165) is 42.9 Å². The molecule has 0 unspecified atom stereocenters. The maximum absolute atomic E-state index is 11.7. The number of carbonyl (C=O) groups is 1. The van der Waals surface area contributed by atoms with Gasteiger partial charge >= 0.3 is 0 Å². The van der Waals surface area contributed by atoms with E-state index in [1.807, 2.05) is 36.1 Å². The number of fused-ring (bicyclic) bond motifs is 1. The number of anilines is 1. The Kier molecular flexibility index (Phi) is 4.20. The highest BCUT2D eigenvalue weighted by atomic mass is 16.2. The Morgan fingerprint density at radius 2 is 1.91 bits per heavy atom. The minimum Gasteiger partial charge on any atom is -0.383 e. The molecule has 1 fully saturated rings. The molecule has 1 saturated heterocycles. The van der Waals surface area contributed by atoms with Gasteiger partial charge in [-0.1, -0.05) is 19.1 Å². The molecule has 6 nitrogen and oxygen atoms in total. The van der Waals surface area contributed by atoms with Crippen LogP contribution in [0.5, 0.6) is 0 Å². The summed E-state index contributed by atoms with van der Waals surface area (Å²) in [6.45, 7) is 5.82. The Balaban J connectivity index is 1.68. The van der Waals surface area contributed by atoms with Gasteiger partial charge in [0, 0.05) is 38.0 Å². The number of aromatic nitrogens is 2. The Labute approximate surface area is 129 Å².